The monoisotopic (exact) mass is 346 g/mol. The van der Waals surface area contributed by atoms with E-state index in [1.165, 1.54) is 25.0 Å². The summed E-state index contributed by atoms with van der Waals surface area (Å²) >= 11 is 3.12. The van der Waals surface area contributed by atoms with Crippen molar-refractivity contribution in [1.82, 2.24) is 10.2 Å². The van der Waals surface area contributed by atoms with Crippen LogP contribution in [0.4, 0.5) is 8.78 Å². The Morgan fingerprint density at radius 2 is 2.15 bits per heavy atom. The van der Waals surface area contributed by atoms with Crippen LogP contribution in [-0.4, -0.2) is 30.6 Å². The van der Waals surface area contributed by atoms with Crippen LogP contribution in [0.25, 0.3) is 0 Å². The third kappa shape index (κ3) is 3.99. The van der Waals surface area contributed by atoms with E-state index in [0.29, 0.717) is 17.1 Å². The summed E-state index contributed by atoms with van der Waals surface area (Å²) in [6, 6.07) is 3.16. The number of halogens is 3. The first-order valence-electron chi connectivity index (χ1n) is 7.20. The number of nitrogens with zero attached hydrogens (tertiary/aromatic N) is 1. The van der Waals surface area contributed by atoms with Gasteiger partial charge in [-0.2, -0.15) is 0 Å². The lowest BCUT2D eigenvalue weighted by molar-refractivity contribution is 0.221. The molecule has 0 aliphatic carbocycles. The van der Waals surface area contributed by atoms with Gasteiger partial charge < -0.3 is 5.32 Å². The van der Waals surface area contributed by atoms with Crippen LogP contribution in [-0.2, 0) is 6.54 Å². The number of hydrogen-bond donors (Lipinski definition) is 1. The van der Waals surface area contributed by atoms with Crippen LogP contribution in [0.5, 0.6) is 0 Å². The van der Waals surface area contributed by atoms with E-state index in [-0.39, 0.29) is 5.56 Å². The predicted molar refractivity (Wildman–Crippen MR) is 80.7 cm³/mol. The predicted octanol–water partition coefficient (Wildman–Crippen LogP) is 3.69. The molecule has 2 rings (SSSR count). The van der Waals surface area contributed by atoms with E-state index in [1.807, 2.05) is 6.92 Å². The number of nitrogens with one attached hydrogen (secondary N) is 1. The van der Waals surface area contributed by atoms with Gasteiger partial charge in [0.25, 0.3) is 0 Å². The van der Waals surface area contributed by atoms with Gasteiger partial charge in [-0.15, -0.1) is 0 Å². The van der Waals surface area contributed by atoms with Gasteiger partial charge in [-0.3, -0.25) is 4.90 Å². The minimum Gasteiger partial charge on any atom is -0.313 e. The Morgan fingerprint density at radius 3 is 2.80 bits per heavy atom. The van der Waals surface area contributed by atoms with Gasteiger partial charge in [0.2, 0.25) is 0 Å². The van der Waals surface area contributed by atoms with E-state index in [9.17, 15) is 8.78 Å². The maximum atomic E-state index is 14.0. The van der Waals surface area contributed by atoms with Gasteiger partial charge in [0.15, 0.2) is 0 Å². The maximum absolute atomic E-state index is 14.0. The molecule has 1 atom stereocenters. The summed E-state index contributed by atoms with van der Waals surface area (Å²) in [6.07, 6.45) is 3.59. The first-order valence-corrected chi connectivity index (χ1v) is 7.99. The van der Waals surface area contributed by atoms with Crippen LogP contribution in [0.1, 0.15) is 31.7 Å². The Hall–Kier alpha value is -0.520. The minimum atomic E-state index is -0.486. The van der Waals surface area contributed by atoms with Gasteiger partial charge in [-0.1, -0.05) is 13.3 Å². The Labute approximate surface area is 127 Å². The fraction of sp³-hybridized carbons (Fsp3) is 0.600. The van der Waals surface area contributed by atoms with Crippen molar-refractivity contribution in [2.24, 2.45) is 0 Å². The van der Waals surface area contributed by atoms with Gasteiger partial charge in [-0.25, -0.2) is 8.78 Å². The van der Waals surface area contributed by atoms with Crippen LogP contribution >= 0.6 is 15.9 Å². The first-order chi connectivity index (χ1) is 9.61. The lowest BCUT2D eigenvalue weighted by Gasteiger charge is -2.30. The van der Waals surface area contributed by atoms with Crippen molar-refractivity contribution in [2.75, 3.05) is 19.6 Å². The second-order valence-electron chi connectivity index (χ2n) is 5.30. The maximum Gasteiger partial charge on any atom is 0.144 e. The van der Waals surface area contributed by atoms with E-state index in [1.54, 1.807) is 0 Å². The quantitative estimate of drug-likeness (QED) is 0.818. The molecule has 5 heteroatoms. The summed E-state index contributed by atoms with van der Waals surface area (Å²) in [7, 11) is 0. The molecule has 1 unspecified atom stereocenters. The normalized spacial score (nSPS) is 19.6. The summed E-state index contributed by atoms with van der Waals surface area (Å²) in [4.78, 5) is 2.09. The molecule has 20 heavy (non-hydrogen) atoms. The molecule has 1 heterocycles. The van der Waals surface area contributed by atoms with E-state index in [4.69, 9.17) is 0 Å². The Bertz CT molecular complexity index is 448. The standard InChI is InChI=1S/C15H21BrF2N2/c1-2-20(9-11-5-3-4-8-19-11)10-12-14(17)7-6-13(16)15(12)18/h6-7,11,19H,2-5,8-10H2,1H3. The van der Waals surface area contributed by atoms with Crippen molar-refractivity contribution in [1.29, 1.82) is 0 Å². The van der Waals surface area contributed by atoms with Crippen molar-refractivity contribution < 1.29 is 8.78 Å². The lowest BCUT2D eigenvalue weighted by atomic mass is 10.0. The molecule has 0 bridgehead atoms. The number of rotatable bonds is 5. The van der Waals surface area contributed by atoms with Crippen LogP contribution in [0.2, 0.25) is 0 Å². The summed E-state index contributed by atoms with van der Waals surface area (Å²) in [5, 5.41) is 3.47. The number of benzene rings is 1. The third-order valence-corrected chi connectivity index (χ3v) is 4.47. The summed E-state index contributed by atoms with van der Waals surface area (Å²) in [5.41, 5.74) is 0.150. The number of hydrogen-bond acceptors (Lipinski definition) is 2. The topological polar surface area (TPSA) is 15.3 Å². The fourth-order valence-corrected chi connectivity index (χ4v) is 3.01. The molecular weight excluding hydrogens is 326 g/mol. The Kier molecular flexibility index (Phi) is 5.93. The zero-order valence-corrected chi connectivity index (χ0v) is 13.3. The van der Waals surface area contributed by atoms with E-state index in [2.05, 4.69) is 26.1 Å². The highest BCUT2D eigenvalue weighted by molar-refractivity contribution is 9.10. The summed E-state index contributed by atoms with van der Waals surface area (Å²) in [6.45, 7) is 5.00. The van der Waals surface area contributed by atoms with Crippen molar-refractivity contribution >= 4 is 15.9 Å². The number of piperidine rings is 1. The summed E-state index contributed by atoms with van der Waals surface area (Å²) < 4.78 is 28.1. The molecule has 0 spiro atoms. The van der Waals surface area contributed by atoms with E-state index >= 15 is 0 Å². The van der Waals surface area contributed by atoms with Crippen LogP contribution in [0.3, 0.4) is 0 Å². The minimum absolute atomic E-state index is 0.150. The SMILES string of the molecule is CCN(Cc1c(F)ccc(Br)c1F)CC1CCCCN1. The molecule has 1 fully saturated rings. The molecular formula is C15H21BrF2N2. The average Bonchev–Trinajstić information content (AvgIpc) is 2.47. The van der Waals surface area contributed by atoms with E-state index in [0.717, 1.165) is 26.1 Å². The second-order valence-corrected chi connectivity index (χ2v) is 6.15. The lowest BCUT2D eigenvalue weighted by Crippen LogP contribution is -2.43. The zero-order chi connectivity index (χ0) is 14.5. The highest BCUT2D eigenvalue weighted by atomic mass is 79.9. The van der Waals surface area contributed by atoms with E-state index < -0.39 is 11.6 Å². The number of likely N-dealkylation sites (N-methyl/N-ethyl adjacent to an activating group) is 1. The Balaban J connectivity index is 2.04. The molecule has 0 saturated carbocycles. The molecule has 112 valence electrons. The first kappa shape index (κ1) is 15.9. The van der Waals surface area contributed by atoms with Gasteiger partial charge in [0.05, 0.1) is 4.47 Å². The molecule has 0 aromatic heterocycles. The largest absolute Gasteiger partial charge is 0.313 e. The third-order valence-electron chi connectivity index (χ3n) is 3.86. The molecule has 1 aliphatic heterocycles. The van der Waals surface area contributed by atoms with Gasteiger partial charge in [0.1, 0.15) is 11.6 Å². The van der Waals surface area contributed by atoms with Crippen LogP contribution in [0.15, 0.2) is 16.6 Å². The van der Waals surface area contributed by atoms with Crippen molar-refractivity contribution in [3.8, 4) is 0 Å². The molecule has 0 radical (unpaired) electrons. The second kappa shape index (κ2) is 7.48. The Morgan fingerprint density at radius 1 is 1.35 bits per heavy atom. The average molecular weight is 347 g/mol. The molecule has 1 aliphatic rings. The van der Waals surface area contributed by atoms with Crippen LogP contribution in [0, 0.1) is 11.6 Å². The summed E-state index contributed by atoms with van der Waals surface area (Å²) in [5.74, 6) is -0.958. The molecule has 1 aromatic rings. The van der Waals surface area contributed by atoms with Crippen molar-refractivity contribution in [2.45, 2.75) is 38.8 Å². The van der Waals surface area contributed by atoms with Gasteiger partial charge in [0, 0.05) is 24.7 Å². The highest BCUT2D eigenvalue weighted by Crippen LogP contribution is 2.23. The molecule has 1 N–H and O–H groups in total. The van der Waals surface area contributed by atoms with Crippen molar-refractivity contribution in [3.05, 3.63) is 33.8 Å². The molecule has 0 amide bonds. The van der Waals surface area contributed by atoms with Gasteiger partial charge in [-0.05, 0) is 54.0 Å². The van der Waals surface area contributed by atoms with Crippen LogP contribution < -0.4 is 5.32 Å². The smallest absolute Gasteiger partial charge is 0.144 e. The van der Waals surface area contributed by atoms with Crippen molar-refractivity contribution in [3.63, 3.8) is 0 Å². The molecule has 2 nitrogen and oxygen atoms in total. The zero-order valence-electron chi connectivity index (χ0n) is 11.8. The fourth-order valence-electron chi connectivity index (χ4n) is 2.63. The molecule has 1 aromatic carbocycles. The highest BCUT2D eigenvalue weighted by Gasteiger charge is 2.19. The molecule has 1 saturated heterocycles. The van der Waals surface area contributed by atoms with Gasteiger partial charge >= 0.3 is 0 Å².